The van der Waals surface area contributed by atoms with Crippen LogP contribution in [0.3, 0.4) is 0 Å². The molecule has 0 saturated heterocycles. The Morgan fingerprint density at radius 3 is 2.56 bits per heavy atom. The highest BCUT2D eigenvalue weighted by atomic mass is 35.5. The molecule has 0 atom stereocenters. The van der Waals surface area contributed by atoms with E-state index in [-0.39, 0.29) is 11.3 Å². The summed E-state index contributed by atoms with van der Waals surface area (Å²) in [6.07, 6.45) is 0. The van der Waals surface area contributed by atoms with Gasteiger partial charge < -0.3 is 5.73 Å². The van der Waals surface area contributed by atoms with Gasteiger partial charge >= 0.3 is 0 Å². The highest BCUT2D eigenvalue weighted by molar-refractivity contribution is 6.65. The highest BCUT2D eigenvalue weighted by Gasteiger charge is 1.86. The van der Waals surface area contributed by atoms with Crippen LogP contribution < -0.4 is 5.73 Å². The molecule has 0 aromatic carbocycles. The van der Waals surface area contributed by atoms with Crippen molar-refractivity contribution in [3.05, 3.63) is 0 Å². The maximum Gasteiger partial charge on any atom is 0.222 e. The third-order valence-electron chi connectivity index (χ3n) is 0.553. The number of nitrogens with zero attached hydrogens (tertiary/aromatic N) is 3. The Hall–Kier alpha value is -0.900. The summed E-state index contributed by atoms with van der Waals surface area (Å²) >= 11 is 5.33. The summed E-state index contributed by atoms with van der Waals surface area (Å²) in [6.45, 7) is 3.13. The van der Waals surface area contributed by atoms with E-state index < -0.39 is 0 Å². The largest absolute Gasteiger partial charge is 0.368 e. The predicted octanol–water partition coefficient (Wildman–Crippen LogP) is 0.226. The Balaban J connectivity index is 4.11. The summed E-state index contributed by atoms with van der Waals surface area (Å²) in [7, 11) is 1.50. The lowest BCUT2D eigenvalue weighted by Gasteiger charge is -1.86. The SMILES string of the molecule is C=NC(N)=NC(Cl)=NC. The van der Waals surface area contributed by atoms with Crippen LogP contribution in [0.5, 0.6) is 0 Å². The Morgan fingerprint density at radius 1 is 1.67 bits per heavy atom. The lowest BCUT2D eigenvalue weighted by Crippen LogP contribution is -2.08. The van der Waals surface area contributed by atoms with E-state index in [1.54, 1.807) is 0 Å². The van der Waals surface area contributed by atoms with Crippen LogP contribution in [-0.4, -0.2) is 25.0 Å². The summed E-state index contributed by atoms with van der Waals surface area (Å²) in [4.78, 5) is 10.3. The fraction of sp³-hybridized carbons (Fsp3) is 0.250. The van der Waals surface area contributed by atoms with Gasteiger partial charge in [-0.2, -0.15) is 4.99 Å². The van der Waals surface area contributed by atoms with Crippen LogP contribution in [-0.2, 0) is 0 Å². The summed E-state index contributed by atoms with van der Waals surface area (Å²) < 4.78 is 0. The van der Waals surface area contributed by atoms with Crippen molar-refractivity contribution in [2.24, 2.45) is 20.7 Å². The lowest BCUT2D eigenvalue weighted by molar-refractivity contribution is 1.41. The van der Waals surface area contributed by atoms with Gasteiger partial charge in [-0.25, -0.2) is 4.99 Å². The van der Waals surface area contributed by atoms with E-state index >= 15 is 0 Å². The molecule has 4 nitrogen and oxygen atoms in total. The molecule has 0 unspecified atom stereocenters. The summed E-state index contributed by atoms with van der Waals surface area (Å²) in [5, 5.41) is 0.0694. The molecule has 0 amide bonds. The molecule has 0 fully saturated rings. The first-order chi connectivity index (χ1) is 4.20. The average Bonchev–Trinajstić information content (AvgIpc) is 1.87. The number of hydrogen-bond donors (Lipinski definition) is 1. The number of guanidine groups is 1. The predicted molar refractivity (Wildman–Crippen MR) is 40.4 cm³/mol. The number of aliphatic imine (C=N–C) groups is 3. The van der Waals surface area contributed by atoms with Crippen molar-refractivity contribution in [1.82, 2.24) is 0 Å². The van der Waals surface area contributed by atoms with Crippen LogP contribution in [0.4, 0.5) is 0 Å². The molecular weight excluding hydrogens is 140 g/mol. The highest BCUT2D eigenvalue weighted by Crippen LogP contribution is 1.85. The van der Waals surface area contributed by atoms with Crippen molar-refractivity contribution in [1.29, 1.82) is 0 Å². The zero-order chi connectivity index (χ0) is 7.28. The van der Waals surface area contributed by atoms with Gasteiger partial charge in [0, 0.05) is 7.05 Å². The van der Waals surface area contributed by atoms with Gasteiger partial charge in [0.15, 0.2) is 0 Å². The van der Waals surface area contributed by atoms with Gasteiger partial charge in [0.2, 0.25) is 11.3 Å². The maximum atomic E-state index is 5.33. The van der Waals surface area contributed by atoms with E-state index in [2.05, 4.69) is 21.7 Å². The van der Waals surface area contributed by atoms with Gasteiger partial charge in [0.1, 0.15) is 0 Å². The first kappa shape index (κ1) is 8.10. The number of nitrogens with two attached hydrogens (primary N) is 1. The van der Waals surface area contributed by atoms with Crippen molar-refractivity contribution < 1.29 is 0 Å². The second-order valence-electron chi connectivity index (χ2n) is 1.12. The number of amidine groups is 1. The minimum absolute atomic E-state index is 0.0191. The lowest BCUT2D eigenvalue weighted by atomic mass is 11.0. The molecule has 2 N–H and O–H groups in total. The van der Waals surface area contributed by atoms with Crippen LogP contribution in [0, 0.1) is 0 Å². The minimum Gasteiger partial charge on any atom is -0.368 e. The third kappa shape index (κ3) is 3.66. The molecule has 5 heteroatoms. The number of rotatable bonds is 0. The zero-order valence-corrected chi connectivity index (χ0v) is 5.76. The monoisotopic (exact) mass is 146 g/mol. The summed E-state index contributed by atoms with van der Waals surface area (Å²) in [6, 6.07) is 0. The normalized spacial score (nSPS) is 13.6. The van der Waals surface area contributed by atoms with E-state index in [9.17, 15) is 0 Å². The van der Waals surface area contributed by atoms with Crippen LogP contribution >= 0.6 is 11.6 Å². The fourth-order valence-electron chi connectivity index (χ4n) is 0.180. The number of halogens is 1. The summed E-state index contributed by atoms with van der Waals surface area (Å²) in [5.41, 5.74) is 5.11. The minimum atomic E-state index is 0.0191. The molecule has 0 aromatic heterocycles. The molecule has 0 aliphatic rings. The van der Waals surface area contributed by atoms with Crippen LogP contribution in [0.1, 0.15) is 0 Å². The Morgan fingerprint density at radius 2 is 2.22 bits per heavy atom. The van der Waals surface area contributed by atoms with E-state index in [1.165, 1.54) is 7.05 Å². The second kappa shape index (κ2) is 4.03. The van der Waals surface area contributed by atoms with Gasteiger partial charge in [0.25, 0.3) is 0 Å². The molecule has 50 valence electrons. The molecule has 0 bridgehead atoms. The molecule has 0 saturated carbocycles. The van der Waals surface area contributed by atoms with Gasteiger partial charge in [-0.05, 0) is 18.3 Å². The Kier molecular flexibility index (Phi) is 3.62. The Labute approximate surface area is 58.2 Å². The van der Waals surface area contributed by atoms with Crippen molar-refractivity contribution in [2.75, 3.05) is 7.05 Å². The summed E-state index contributed by atoms with van der Waals surface area (Å²) in [5.74, 6) is 0.0191. The zero-order valence-electron chi connectivity index (χ0n) is 5.00. The molecule has 0 aromatic rings. The van der Waals surface area contributed by atoms with Crippen molar-refractivity contribution in [3.8, 4) is 0 Å². The van der Waals surface area contributed by atoms with Crippen molar-refractivity contribution >= 4 is 29.6 Å². The molecule has 0 rings (SSSR count). The van der Waals surface area contributed by atoms with Crippen molar-refractivity contribution in [3.63, 3.8) is 0 Å². The van der Waals surface area contributed by atoms with E-state index in [0.29, 0.717) is 0 Å². The van der Waals surface area contributed by atoms with Gasteiger partial charge in [0.05, 0.1) is 0 Å². The van der Waals surface area contributed by atoms with Crippen LogP contribution in [0.25, 0.3) is 0 Å². The third-order valence-corrected chi connectivity index (χ3v) is 0.807. The van der Waals surface area contributed by atoms with Gasteiger partial charge in [-0.15, -0.1) is 0 Å². The van der Waals surface area contributed by atoms with Crippen LogP contribution in [0.2, 0.25) is 0 Å². The first-order valence-corrected chi connectivity index (χ1v) is 2.51. The van der Waals surface area contributed by atoms with E-state index in [0.717, 1.165) is 0 Å². The smallest absolute Gasteiger partial charge is 0.222 e. The van der Waals surface area contributed by atoms with Crippen molar-refractivity contribution in [2.45, 2.75) is 0 Å². The Bertz CT molecular complexity index is 160. The van der Waals surface area contributed by atoms with Gasteiger partial charge in [-0.1, -0.05) is 0 Å². The molecule has 0 aliphatic heterocycles. The van der Waals surface area contributed by atoms with Crippen LogP contribution in [0.15, 0.2) is 15.0 Å². The van der Waals surface area contributed by atoms with E-state index in [1.807, 2.05) is 0 Å². The quantitative estimate of drug-likeness (QED) is 0.297. The molecule has 9 heavy (non-hydrogen) atoms. The standard InChI is InChI=1S/C4H7ClN4/c1-7-3(5)9-4(6)8-2/h2H2,1H3,(H2,6,7,9). The second-order valence-corrected chi connectivity index (χ2v) is 1.46. The average molecular weight is 147 g/mol. The first-order valence-electron chi connectivity index (χ1n) is 2.14. The topological polar surface area (TPSA) is 63.1 Å². The van der Waals surface area contributed by atoms with Gasteiger partial charge in [-0.3, -0.25) is 4.99 Å². The number of hydrogen-bond acceptors (Lipinski definition) is 1. The molecule has 0 radical (unpaired) electrons. The maximum absolute atomic E-state index is 5.33. The van der Waals surface area contributed by atoms with E-state index in [4.69, 9.17) is 17.3 Å². The molecule has 0 spiro atoms. The fourth-order valence-corrected chi connectivity index (χ4v) is 0.266. The molecule has 0 heterocycles. The molecule has 0 aliphatic carbocycles. The molecular formula is C4H7ClN4.